The van der Waals surface area contributed by atoms with Crippen molar-refractivity contribution in [3.8, 4) is 11.6 Å². The topological polar surface area (TPSA) is 59.9 Å². The maximum atomic E-state index is 5.90. The van der Waals surface area contributed by atoms with Gasteiger partial charge in [-0.2, -0.15) is 4.98 Å². The van der Waals surface area contributed by atoms with Crippen molar-refractivity contribution in [2.75, 3.05) is 11.9 Å². The van der Waals surface area contributed by atoms with E-state index in [1.807, 2.05) is 6.92 Å². The van der Waals surface area contributed by atoms with Crippen molar-refractivity contribution in [3.05, 3.63) is 35.4 Å². The second-order valence-corrected chi connectivity index (χ2v) is 5.13. The molecule has 1 fully saturated rings. The highest BCUT2D eigenvalue weighted by Gasteiger charge is 2.27. The van der Waals surface area contributed by atoms with Crippen LogP contribution in [0.1, 0.15) is 31.5 Å². The van der Waals surface area contributed by atoms with Gasteiger partial charge in [0.05, 0.1) is 11.2 Å². The van der Waals surface area contributed by atoms with Crippen LogP contribution in [0.25, 0.3) is 0 Å². The minimum atomic E-state index is 0.466. The Morgan fingerprint density at radius 3 is 2.85 bits per heavy atom. The number of hydrogen-bond donors (Lipinski definition) is 1. The van der Waals surface area contributed by atoms with Gasteiger partial charge in [-0.1, -0.05) is 11.6 Å². The highest BCUT2D eigenvalue weighted by molar-refractivity contribution is 6.30. The zero-order valence-corrected chi connectivity index (χ0v) is 11.9. The fraction of sp³-hybridized carbons (Fsp3) is 0.357. The first-order chi connectivity index (χ1) is 9.74. The molecule has 0 radical (unpaired) electrons. The minimum Gasteiger partial charge on any atom is -0.437 e. The Morgan fingerprint density at radius 2 is 2.15 bits per heavy atom. The largest absolute Gasteiger partial charge is 0.437 e. The summed E-state index contributed by atoms with van der Waals surface area (Å²) in [4.78, 5) is 13.0. The predicted molar refractivity (Wildman–Crippen MR) is 77.5 cm³/mol. The molecule has 0 atom stereocenters. The van der Waals surface area contributed by atoms with Crippen LogP contribution in [0.3, 0.4) is 0 Å². The first-order valence-electron chi connectivity index (χ1n) is 6.66. The average molecular weight is 291 g/mol. The summed E-state index contributed by atoms with van der Waals surface area (Å²) >= 11 is 5.90. The van der Waals surface area contributed by atoms with E-state index >= 15 is 0 Å². The van der Waals surface area contributed by atoms with E-state index in [9.17, 15) is 0 Å². The molecule has 0 aliphatic heterocycles. The van der Waals surface area contributed by atoms with Crippen LogP contribution in [-0.4, -0.2) is 21.5 Å². The molecule has 104 valence electrons. The molecule has 1 aliphatic rings. The number of aromatic nitrogens is 3. The van der Waals surface area contributed by atoms with Crippen molar-refractivity contribution in [2.24, 2.45) is 0 Å². The number of pyridine rings is 1. The van der Waals surface area contributed by atoms with Crippen LogP contribution in [0.5, 0.6) is 11.6 Å². The lowest BCUT2D eigenvalue weighted by Gasteiger charge is -2.09. The molecule has 5 nitrogen and oxygen atoms in total. The molecule has 2 aromatic heterocycles. The molecule has 0 spiro atoms. The maximum absolute atomic E-state index is 5.90. The normalized spacial score (nSPS) is 14.1. The van der Waals surface area contributed by atoms with E-state index in [1.165, 1.54) is 0 Å². The van der Waals surface area contributed by atoms with E-state index in [2.05, 4.69) is 20.3 Å². The van der Waals surface area contributed by atoms with Crippen LogP contribution in [0.4, 0.5) is 5.82 Å². The smallest absolute Gasteiger partial charge is 0.224 e. The Kier molecular flexibility index (Phi) is 3.69. The van der Waals surface area contributed by atoms with E-state index in [0.29, 0.717) is 22.6 Å². The van der Waals surface area contributed by atoms with Gasteiger partial charge < -0.3 is 10.1 Å². The third-order valence-corrected chi connectivity index (χ3v) is 3.13. The van der Waals surface area contributed by atoms with Crippen molar-refractivity contribution in [2.45, 2.75) is 25.7 Å². The van der Waals surface area contributed by atoms with Crippen molar-refractivity contribution >= 4 is 17.4 Å². The molecular formula is C14H15ClN4O. The summed E-state index contributed by atoms with van der Waals surface area (Å²) in [5.41, 5.74) is 0. The van der Waals surface area contributed by atoms with Gasteiger partial charge in [0.15, 0.2) is 0 Å². The van der Waals surface area contributed by atoms with Crippen LogP contribution in [-0.2, 0) is 0 Å². The quantitative estimate of drug-likeness (QED) is 0.911. The summed E-state index contributed by atoms with van der Waals surface area (Å²) < 4.78 is 5.73. The van der Waals surface area contributed by atoms with Gasteiger partial charge in [0, 0.05) is 30.8 Å². The first kappa shape index (κ1) is 13.1. The fourth-order valence-electron chi connectivity index (χ4n) is 1.86. The second-order valence-electron chi connectivity index (χ2n) is 4.70. The lowest BCUT2D eigenvalue weighted by molar-refractivity contribution is 0.457. The number of anilines is 1. The van der Waals surface area contributed by atoms with Gasteiger partial charge >= 0.3 is 0 Å². The number of halogens is 1. The SMILES string of the molecule is CCNc1cc(Oc2cncc(Cl)c2)nc(C2CC2)n1. The Hall–Kier alpha value is -1.88. The number of ether oxygens (including phenoxy) is 1. The van der Waals surface area contributed by atoms with E-state index in [1.54, 1.807) is 24.5 Å². The third-order valence-electron chi connectivity index (χ3n) is 2.92. The monoisotopic (exact) mass is 290 g/mol. The molecule has 1 aliphatic carbocycles. The van der Waals surface area contributed by atoms with E-state index < -0.39 is 0 Å². The molecule has 2 heterocycles. The summed E-state index contributed by atoms with van der Waals surface area (Å²) in [7, 11) is 0. The standard InChI is InChI=1S/C14H15ClN4O/c1-2-17-12-6-13(19-14(18-12)9-3-4-9)20-11-5-10(15)7-16-8-11/h5-9H,2-4H2,1H3,(H,17,18,19). The molecule has 0 aromatic carbocycles. The Balaban J connectivity index is 1.87. The van der Waals surface area contributed by atoms with Gasteiger partial charge in [-0.3, -0.25) is 4.98 Å². The molecular weight excluding hydrogens is 276 g/mol. The van der Waals surface area contributed by atoms with Crippen molar-refractivity contribution in [1.82, 2.24) is 15.0 Å². The lowest BCUT2D eigenvalue weighted by atomic mass is 10.4. The van der Waals surface area contributed by atoms with Gasteiger partial charge in [0.1, 0.15) is 17.4 Å². The molecule has 3 rings (SSSR count). The zero-order valence-electron chi connectivity index (χ0n) is 11.1. The fourth-order valence-corrected chi connectivity index (χ4v) is 2.02. The van der Waals surface area contributed by atoms with Crippen molar-refractivity contribution in [1.29, 1.82) is 0 Å². The van der Waals surface area contributed by atoms with Crippen molar-refractivity contribution < 1.29 is 4.74 Å². The molecule has 1 saturated carbocycles. The Bertz CT molecular complexity index is 616. The average Bonchev–Trinajstić information content (AvgIpc) is 3.23. The predicted octanol–water partition coefficient (Wildman–Crippen LogP) is 3.63. The van der Waals surface area contributed by atoms with Gasteiger partial charge in [0.25, 0.3) is 0 Å². The maximum Gasteiger partial charge on any atom is 0.224 e. The molecule has 1 N–H and O–H groups in total. The summed E-state index contributed by atoms with van der Waals surface area (Å²) in [6.45, 7) is 2.83. The van der Waals surface area contributed by atoms with E-state index in [-0.39, 0.29) is 0 Å². The van der Waals surface area contributed by atoms with Gasteiger partial charge in [-0.15, -0.1) is 0 Å². The Morgan fingerprint density at radius 1 is 1.30 bits per heavy atom. The van der Waals surface area contributed by atoms with Crippen LogP contribution in [0, 0.1) is 0 Å². The van der Waals surface area contributed by atoms with E-state index in [0.717, 1.165) is 31.0 Å². The second kappa shape index (κ2) is 5.63. The minimum absolute atomic E-state index is 0.466. The molecule has 6 heteroatoms. The van der Waals surface area contributed by atoms with Crippen LogP contribution >= 0.6 is 11.6 Å². The molecule has 0 bridgehead atoms. The summed E-state index contributed by atoms with van der Waals surface area (Å²) in [6, 6.07) is 3.50. The number of nitrogens with zero attached hydrogens (tertiary/aromatic N) is 3. The summed E-state index contributed by atoms with van der Waals surface area (Å²) in [5, 5.41) is 3.73. The Labute approximate surface area is 122 Å². The van der Waals surface area contributed by atoms with Crippen LogP contribution in [0.15, 0.2) is 24.5 Å². The number of rotatable bonds is 5. The van der Waals surface area contributed by atoms with Gasteiger partial charge in [-0.05, 0) is 19.8 Å². The first-order valence-corrected chi connectivity index (χ1v) is 7.03. The molecule has 0 unspecified atom stereocenters. The lowest BCUT2D eigenvalue weighted by Crippen LogP contribution is -2.04. The highest BCUT2D eigenvalue weighted by atomic mass is 35.5. The summed E-state index contributed by atoms with van der Waals surface area (Å²) in [6.07, 6.45) is 5.47. The molecule has 2 aromatic rings. The molecule has 0 saturated heterocycles. The van der Waals surface area contributed by atoms with E-state index in [4.69, 9.17) is 16.3 Å². The number of hydrogen-bond acceptors (Lipinski definition) is 5. The van der Waals surface area contributed by atoms with Crippen LogP contribution < -0.4 is 10.1 Å². The van der Waals surface area contributed by atoms with Gasteiger partial charge in [0.2, 0.25) is 5.88 Å². The molecule has 0 amide bonds. The number of nitrogens with one attached hydrogen (secondary N) is 1. The zero-order chi connectivity index (χ0) is 13.9. The van der Waals surface area contributed by atoms with Crippen molar-refractivity contribution in [3.63, 3.8) is 0 Å². The third kappa shape index (κ3) is 3.17. The molecule has 20 heavy (non-hydrogen) atoms. The highest BCUT2D eigenvalue weighted by Crippen LogP contribution is 2.39. The van der Waals surface area contributed by atoms with Crippen LogP contribution in [0.2, 0.25) is 5.02 Å². The van der Waals surface area contributed by atoms with Gasteiger partial charge in [-0.25, -0.2) is 4.98 Å². The summed E-state index contributed by atoms with van der Waals surface area (Å²) in [5.74, 6) is 3.18.